The van der Waals surface area contributed by atoms with Crippen molar-refractivity contribution < 1.29 is 9.18 Å². The molecule has 0 fully saturated rings. The average Bonchev–Trinajstić information content (AvgIpc) is 2.41. The van der Waals surface area contributed by atoms with E-state index in [2.05, 4.69) is 27.9 Å². The summed E-state index contributed by atoms with van der Waals surface area (Å²) >= 11 is 7.93. The summed E-state index contributed by atoms with van der Waals surface area (Å²) in [7, 11) is 0. The Hall–Kier alpha value is -1.14. The van der Waals surface area contributed by atoms with Crippen LogP contribution in [-0.4, -0.2) is 12.5 Å². The van der Waals surface area contributed by atoms with Gasteiger partial charge in [0.15, 0.2) is 0 Å². The third-order valence-corrected chi connectivity index (χ3v) is 3.92. The van der Waals surface area contributed by atoms with Crippen LogP contribution >= 0.6 is 34.2 Å². The molecule has 0 spiro atoms. The fraction of sp³-hybridized carbons (Fsp3) is 0.133. The summed E-state index contributed by atoms with van der Waals surface area (Å²) in [6.45, 7) is 0.503. The van der Waals surface area contributed by atoms with E-state index in [1.807, 2.05) is 0 Å². The van der Waals surface area contributed by atoms with E-state index in [1.54, 1.807) is 30.3 Å². The molecule has 1 amide bonds. The lowest BCUT2D eigenvalue weighted by molar-refractivity contribution is 0.0953. The van der Waals surface area contributed by atoms with E-state index in [-0.39, 0.29) is 11.7 Å². The maximum absolute atomic E-state index is 12.8. The number of amides is 1. The average molecular weight is 404 g/mol. The van der Waals surface area contributed by atoms with Gasteiger partial charge in [-0.05, 0) is 64.9 Å². The molecule has 20 heavy (non-hydrogen) atoms. The van der Waals surface area contributed by atoms with E-state index in [0.717, 1.165) is 9.13 Å². The molecule has 2 aromatic carbocycles. The Kier molecular flexibility index (Phi) is 5.37. The van der Waals surface area contributed by atoms with Gasteiger partial charge in [-0.1, -0.05) is 23.7 Å². The third-order valence-electron chi connectivity index (χ3n) is 2.79. The van der Waals surface area contributed by atoms with Gasteiger partial charge in [-0.15, -0.1) is 0 Å². The minimum absolute atomic E-state index is 0.131. The van der Waals surface area contributed by atoms with Crippen LogP contribution in [0.5, 0.6) is 0 Å². The van der Waals surface area contributed by atoms with Gasteiger partial charge in [-0.25, -0.2) is 4.39 Å². The highest BCUT2D eigenvalue weighted by Crippen LogP contribution is 2.17. The van der Waals surface area contributed by atoms with Crippen LogP contribution in [0.25, 0.3) is 0 Å². The maximum atomic E-state index is 12.8. The topological polar surface area (TPSA) is 29.1 Å². The van der Waals surface area contributed by atoms with E-state index in [4.69, 9.17) is 11.6 Å². The van der Waals surface area contributed by atoms with Gasteiger partial charge in [-0.2, -0.15) is 0 Å². The van der Waals surface area contributed by atoms with Gasteiger partial charge >= 0.3 is 0 Å². The molecule has 0 heterocycles. The van der Waals surface area contributed by atoms with Crippen LogP contribution in [0.2, 0.25) is 5.02 Å². The van der Waals surface area contributed by atoms with Gasteiger partial charge in [-0.3, -0.25) is 4.79 Å². The van der Waals surface area contributed by atoms with Crippen molar-refractivity contribution >= 4 is 40.1 Å². The van der Waals surface area contributed by atoms with Crippen molar-refractivity contribution in [1.29, 1.82) is 0 Å². The van der Waals surface area contributed by atoms with E-state index in [9.17, 15) is 9.18 Å². The van der Waals surface area contributed by atoms with Crippen molar-refractivity contribution in [3.8, 4) is 0 Å². The van der Waals surface area contributed by atoms with Gasteiger partial charge in [0.25, 0.3) is 5.91 Å². The van der Waals surface area contributed by atoms with Crippen molar-refractivity contribution in [1.82, 2.24) is 5.32 Å². The lowest BCUT2D eigenvalue weighted by Crippen LogP contribution is -2.26. The van der Waals surface area contributed by atoms with E-state index < -0.39 is 0 Å². The summed E-state index contributed by atoms with van der Waals surface area (Å²) in [4.78, 5) is 12.0. The molecule has 2 aromatic rings. The first-order valence-corrected chi connectivity index (χ1v) is 7.49. The van der Waals surface area contributed by atoms with E-state index in [1.165, 1.54) is 12.1 Å². The highest BCUT2D eigenvalue weighted by molar-refractivity contribution is 14.1. The van der Waals surface area contributed by atoms with Gasteiger partial charge < -0.3 is 5.32 Å². The van der Waals surface area contributed by atoms with Crippen molar-refractivity contribution in [3.05, 3.63) is 68.0 Å². The molecule has 0 aromatic heterocycles. The van der Waals surface area contributed by atoms with E-state index in [0.29, 0.717) is 23.6 Å². The Bertz CT molecular complexity index is 616. The summed E-state index contributed by atoms with van der Waals surface area (Å²) in [5.74, 6) is -0.387. The Balaban J connectivity index is 1.90. The zero-order valence-electron chi connectivity index (χ0n) is 10.5. The van der Waals surface area contributed by atoms with Crippen molar-refractivity contribution in [3.63, 3.8) is 0 Å². The molecule has 0 aliphatic carbocycles. The quantitative estimate of drug-likeness (QED) is 0.767. The molecule has 2 nitrogen and oxygen atoms in total. The van der Waals surface area contributed by atoms with Crippen LogP contribution in [0, 0.1) is 9.39 Å². The standard InChI is InChI=1S/C15H12ClFINO/c16-11-3-6-13(14(18)9-11)15(20)19-8-7-10-1-4-12(17)5-2-10/h1-6,9H,7-8H2,(H,19,20). The van der Waals surface area contributed by atoms with Crippen molar-refractivity contribution in [2.75, 3.05) is 6.54 Å². The predicted octanol–water partition coefficient (Wildman–Crippen LogP) is 4.06. The molecule has 5 heteroatoms. The molecule has 0 bridgehead atoms. The minimum atomic E-state index is -0.256. The van der Waals surface area contributed by atoms with Crippen LogP contribution in [-0.2, 0) is 6.42 Å². The smallest absolute Gasteiger partial charge is 0.252 e. The number of benzene rings is 2. The van der Waals surface area contributed by atoms with Crippen LogP contribution in [0.3, 0.4) is 0 Å². The zero-order valence-corrected chi connectivity index (χ0v) is 13.4. The molecule has 0 aliphatic rings. The normalized spacial score (nSPS) is 10.3. The molecule has 0 saturated heterocycles. The Labute approximate surface area is 135 Å². The monoisotopic (exact) mass is 403 g/mol. The molecule has 2 rings (SSSR count). The Morgan fingerprint density at radius 1 is 1.20 bits per heavy atom. The number of carbonyl (C=O) groups excluding carboxylic acids is 1. The minimum Gasteiger partial charge on any atom is -0.352 e. The molecule has 1 N–H and O–H groups in total. The molecule has 0 saturated carbocycles. The number of halogens is 3. The first kappa shape index (κ1) is 15.3. The summed E-state index contributed by atoms with van der Waals surface area (Å²) in [5, 5.41) is 3.45. The summed E-state index contributed by atoms with van der Waals surface area (Å²) in [6.07, 6.45) is 0.663. The first-order chi connectivity index (χ1) is 9.56. The van der Waals surface area contributed by atoms with Crippen molar-refractivity contribution in [2.24, 2.45) is 0 Å². The number of nitrogens with one attached hydrogen (secondary N) is 1. The Morgan fingerprint density at radius 3 is 2.55 bits per heavy atom. The van der Waals surface area contributed by atoms with Gasteiger partial charge in [0, 0.05) is 15.1 Å². The van der Waals surface area contributed by atoms with E-state index >= 15 is 0 Å². The van der Waals surface area contributed by atoms with Crippen LogP contribution in [0.4, 0.5) is 4.39 Å². The first-order valence-electron chi connectivity index (χ1n) is 6.04. The number of carbonyl (C=O) groups is 1. The predicted molar refractivity (Wildman–Crippen MR) is 86.6 cm³/mol. The highest BCUT2D eigenvalue weighted by atomic mass is 127. The second-order valence-electron chi connectivity index (χ2n) is 4.26. The molecular weight excluding hydrogens is 392 g/mol. The van der Waals surface area contributed by atoms with Crippen LogP contribution in [0.1, 0.15) is 15.9 Å². The molecular formula is C15H12ClFINO. The number of hydrogen-bond acceptors (Lipinski definition) is 1. The second-order valence-corrected chi connectivity index (χ2v) is 5.86. The number of rotatable bonds is 4. The second kappa shape index (κ2) is 7.04. The number of hydrogen-bond donors (Lipinski definition) is 1. The van der Waals surface area contributed by atoms with Crippen LogP contribution in [0.15, 0.2) is 42.5 Å². The third kappa shape index (κ3) is 4.18. The fourth-order valence-electron chi connectivity index (χ4n) is 1.74. The fourth-order valence-corrected chi connectivity index (χ4v) is 2.86. The summed E-state index contributed by atoms with van der Waals surface area (Å²) in [5.41, 5.74) is 1.59. The lowest BCUT2D eigenvalue weighted by Gasteiger charge is -2.07. The maximum Gasteiger partial charge on any atom is 0.252 e. The zero-order chi connectivity index (χ0) is 14.5. The highest BCUT2D eigenvalue weighted by Gasteiger charge is 2.09. The molecule has 0 atom stereocenters. The molecule has 0 unspecified atom stereocenters. The van der Waals surface area contributed by atoms with Gasteiger partial charge in [0.1, 0.15) is 5.82 Å². The molecule has 0 aliphatic heterocycles. The molecule has 104 valence electrons. The summed E-state index contributed by atoms with van der Waals surface area (Å²) < 4.78 is 13.6. The molecule has 0 radical (unpaired) electrons. The largest absolute Gasteiger partial charge is 0.352 e. The van der Waals surface area contributed by atoms with Crippen molar-refractivity contribution in [2.45, 2.75) is 6.42 Å². The van der Waals surface area contributed by atoms with Gasteiger partial charge in [0.2, 0.25) is 0 Å². The Morgan fingerprint density at radius 2 is 1.90 bits per heavy atom. The summed E-state index contributed by atoms with van der Waals surface area (Å²) in [6, 6.07) is 11.4. The lowest BCUT2D eigenvalue weighted by atomic mass is 10.1. The van der Waals surface area contributed by atoms with Crippen LogP contribution < -0.4 is 5.32 Å². The SMILES string of the molecule is O=C(NCCc1ccc(F)cc1)c1ccc(Cl)cc1I. The van der Waals surface area contributed by atoms with Gasteiger partial charge in [0.05, 0.1) is 5.56 Å².